The lowest BCUT2D eigenvalue weighted by molar-refractivity contribution is 0.334. The molecule has 0 amide bonds. The zero-order valence-electron chi connectivity index (χ0n) is 12.6. The highest BCUT2D eigenvalue weighted by Gasteiger charge is 2.19. The molecule has 2 heteroatoms. The lowest BCUT2D eigenvalue weighted by Gasteiger charge is -2.26. The van der Waals surface area contributed by atoms with Gasteiger partial charge in [-0.2, -0.15) is 0 Å². The highest BCUT2D eigenvalue weighted by atomic mass is 16.5. The molecule has 0 saturated carbocycles. The summed E-state index contributed by atoms with van der Waals surface area (Å²) in [7, 11) is 0. The van der Waals surface area contributed by atoms with E-state index in [1.165, 1.54) is 36.0 Å². The Morgan fingerprint density at radius 2 is 1.90 bits per heavy atom. The Morgan fingerprint density at radius 1 is 1.10 bits per heavy atom. The third-order valence-corrected chi connectivity index (χ3v) is 4.18. The van der Waals surface area contributed by atoms with Gasteiger partial charge >= 0.3 is 0 Å². The summed E-state index contributed by atoms with van der Waals surface area (Å²) in [6, 6.07) is 17.6. The van der Waals surface area contributed by atoms with Crippen molar-refractivity contribution < 1.29 is 4.74 Å². The fraction of sp³-hybridized carbons (Fsp3) is 0.368. The monoisotopic (exact) mass is 281 g/mol. The van der Waals surface area contributed by atoms with Gasteiger partial charge in [-0.15, -0.1) is 0 Å². The van der Waals surface area contributed by atoms with Crippen LogP contribution in [0.4, 0.5) is 0 Å². The molecule has 1 N–H and O–H groups in total. The standard InChI is InChI=1S/C19H23NO/c1-2-21-19-13-6-4-9-16(19)14-20-18-12-7-10-15-8-3-5-11-17(15)18/h3-6,8-9,11,13,18,20H,2,7,10,12,14H2,1H3. The van der Waals surface area contributed by atoms with Crippen molar-refractivity contribution >= 4 is 0 Å². The van der Waals surface area contributed by atoms with Crippen molar-refractivity contribution in [3.05, 3.63) is 65.2 Å². The molecule has 21 heavy (non-hydrogen) atoms. The lowest BCUT2D eigenvalue weighted by Crippen LogP contribution is -2.25. The molecule has 0 saturated heterocycles. The first-order valence-electron chi connectivity index (χ1n) is 7.90. The quantitative estimate of drug-likeness (QED) is 0.884. The maximum absolute atomic E-state index is 5.71. The van der Waals surface area contributed by atoms with Crippen molar-refractivity contribution in [2.75, 3.05) is 6.61 Å². The Balaban J connectivity index is 1.72. The minimum atomic E-state index is 0.463. The van der Waals surface area contributed by atoms with E-state index in [1.807, 2.05) is 13.0 Å². The van der Waals surface area contributed by atoms with Crippen LogP contribution in [0, 0.1) is 0 Å². The van der Waals surface area contributed by atoms with Crippen molar-refractivity contribution in [2.45, 2.75) is 38.8 Å². The van der Waals surface area contributed by atoms with Crippen molar-refractivity contribution in [3.8, 4) is 5.75 Å². The largest absolute Gasteiger partial charge is 0.494 e. The number of nitrogens with one attached hydrogen (secondary N) is 1. The minimum absolute atomic E-state index is 0.463. The first-order valence-corrected chi connectivity index (χ1v) is 7.90. The molecule has 0 heterocycles. The molecule has 2 aromatic rings. The maximum atomic E-state index is 5.71. The van der Waals surface area contributed by atoms with Crippen LogP contribution in [0.15, 0.2) is 48.5 Å². The second kappa shape index (κ2) is 6.77. The van der Waals surface area contributed by atoms with Crippen molar-refractivity contribution in [1.82, 2.24) is 5.32 Å². The predicted octanol–water partition coefficient (Wildman–Crippen LogP) is 4.25. The van der Waals surface area contributed by atoms with E-state index in [0.717, 1.165) is 12.3 Å². The van der Waals surface area contributed by atoms with E-state index in [4.69, 9.17) is 4.74 Å². The molecule has 2 aromatic carbocycles. The van der Waals surface area contributed by atoms with Crippen molar-refractivity contribution in [2.24, 2.45) is 0 Å². The zero-order chi connectivity index (χ0) is 14.5. The molecule has 110 valence electrons. The Labute approximate surface area is 127 Å². The van der Waals surface area contributed by atoms with Gasteiger partial charge in [-0.1, -0.05) is 42.5 Å². The van der Waals surface area contributed by atoms with Crippen molar-refractivity contribution in [1.29, 1.82) is 0 Å². The van der Waals surface area contributed by atoms with E-state index < -0.39 is 0 Å². The summed E-state index contributed by atoms with van der Waals surface area (Å²) in [4.78, 5) is 0. The topological polar surface area (TPSA) is 21.3 Å². The van der Waals surface area contributed by atoms with Gasteiger partial charge in [0.2, 0.25) is 0 Å². The summed E-state index contributed by atoms with van der Waals surface area (Å²) in [6.07, 6.45) is 3.69. The van der Waals surface area contributed by atoms with E-state index in [1.54, 1.807) is 0 Å². The van der Waals surface area contributed by atoms with Gasteiger partial charge in [-0.3, -0.25) is 0 Å². The SMILES string of the molecule is CCOc1ccccc1CNC1CCCc2ccccc21. The smallest absolute Gasteiger partial charge is 0.123 e. The molecule has 1 atom stereocenters. The van der Waals surface area contributed by atoms with E-state index >= 15 is 0 Å². The number of aryl methyl sites for hydroxylation is 1. The van der Waals surface area contributed by atoms with Crippen LogP contribution >= 0.6 is 0 Å². The molecule has 0 aliphatic heterocycles. The Morgan fingerprint density at radius 3 is 2.81 bits per heavy atom. The summed E-state index contributed by atoms with van der Waals surface area (Å²) in [5, 5.41) is 3.71. The lowest BCUT2D eigenvalue weighted by atomic mass is 9.87. The van der Waals surface area contributed by atoms with Crippen molar-refractivity contribution in [3.63, 3.8) is 0 Å². The highest BCUT2D eigenvalue weighted by Crippen LogP contribution is 2.30. The third-order valence-electron chi connectivity index (χ3n) is 4.18. The number of benzene rings is 2. The highest BCUT2D eigenvalue weighted by molar-refractivity contribution is 5.35. The Bertz CT molecular complexity index is 594. The van der Waals surface area contributed by atoms with Gasteiger partial charge in [0, 0.05) is 18.2 Å². The van der Waals surface area contributed by atoms with E-state index in [2.05, 4.69) is 47.8 Å². The molecule has 0 spiro atoms. The van der Waals surface area contributed by atoms with Crippen LogP contribution in [0.1, 0.15) is 42.5 Å². The second-order valence-electron chi connectivity index (χ2n) is 5.57. The summed E-state index contributed by atoms with van der Waals surface area (Å²) >= 11 is 0. The molecular weight excluding hydrogens is 258 g/mol. The van der Waals surface area contributed by atoms with E-state index in [-0.39, 0.29) is 0 Å². The average molecular weight is 281 g/mol. The van der Waals surface area contributed by atoms with Crippen LogP contribution in [-0.2, 0) is 13.0 Å². The molecule has 0 radical (unpaired) electrons. The van der Waals surface area contributed by atoms with Gasteiger partial charge in [0.25, 0.3) is 0 Å². The number of fused-ring (bicyclic) bond motifs is 1. The minimum Gasteiger partial charge on any atom is -0.494 e. The fourth-order valence-electron chi connectivity index (χ4n) is 3.15. The molecule has 1 aliphatic rings. The van der Waals surface area contributed by atoms with Gasteiger partial charge < -0.3 is 10.1 Å². The summed E-state index contributed by atoms with van der Waals surface area (Å²) in [5.74, 6) is 0.997. The van der Waals surface area contributed by atoms with E-state index in [0.29, 0.717) is 12.6 Å². The first kappa shape index (κ1) is 14.2. The molecule has 1 aliphatic carbocycles. The van der Waals surface area contributed by atoms with Gasteiger partial charge in [0.1, 0.15) is 5.75 Å². The average Bonchev–Trinajstić information content (AvgIpc) is 2.54. The van der Waals surface area contributed by atoms with Gasteiger partial charge in [0.05, 0.1) is 6.61 Å². The molecule has 0 fully saturated rings. The van der Waals surface area contributed by atoms with Crippen LogP contribution in [0.25, 0.3) is 0 Å². The summed E-state index contributed by atoms with van der Waals surface area (Å²) < 4.78 is 5.71. The number of rotatable bonds is 5. The summed E-state index contributed by atoms with van der Waals surface area (Å²) in [6.45, 7) is 3.60. The molecule has 2 nitrogen and oxygen atoms in total. The number of ether oxygens (including phenoxy) is 1. The van der Waals surface area contributed by atoms with Gasteiger partial charge in [-0.25, -0.2) is 0 Å². The zero-order valence-corrected chi connectivity index (χ0v) is 12.6. The molecule has 0 bridgehead atoms. The van der Waals surface area contributed by atoms with Crippen LogP contribution in [0.2, 0.25) is 0 Å². The Hall–Kier alpha value is -1.80. The molecule has 3 rings (SSSR count). The maximum Gasteiger partial charge on any atom is 0.123 e. The van der Waals surface area contributed by atoms with Crippen LogP contribution in [0.3, 0.4) is 0 Å². The van der Waals surface area contributed by atoms with E-state index in [9.17, 15) is 0 Å². The Kier molecular flexibility index (Phi) is 4.56. The molecule has 0 aromatic heterocycles. The predicted molar refractivity (Wildman–Crippen MR) is 86.6 cm³/mol. The molecule has 1 unspecified atom stereocenters. The fourth-order valence-corrected chi connectivity index (χ4v) is 3.15. The number of para-hydroxylation sites is 1. The van der Waals surface area contributed by atoms with Gasteiger partial charge in [-0.05, 0) is 43.4 Å². The van der Waals surface area contributed by atoms with Crippen LogP contribution < -0.4 is 10.1 Å². The third kappa shape index (κ3) is 3.27. The van der Waals surface area contributed by atoms with Crippen LogP contribution in [0.5, 0.6) is 5.75 Å². The van der Waals surface area contributed by atoms with Crippen LogP contribution in [-0.4, -0.2) is 6.61 Å². The van der Waals surface area contributed by atoms with Gasteiger partial charge in [0.15, 0.2) is 0 Å². The number of hydrogen-bond donors (Lipinski definition) is 1. The summed E-state index contributed by atoms with van der Waals surface area (Å²) in [5.41, 5.74) is 4.21. The normalized spacial score (nSPS) is 17.3. The first-order chi connectivity index (χ1) is 10.4. The number of hydrogen-bond acceptors (Lipinski definition) is 2. The second-order valence-corrected chi connectivity index (χ2v) is 5.57. The molecular formula is C19H23NO.